The third kappa shape index (κ3) is 7.80. The number of nitrogens with zero attached hydrogens (tertiary/aromatic N) is 5. The van der Waals surface area contributed by atoms with Gasteiger partial charge in [0.2, 0.25) is 5.91 Å². The molecule has 3 aromatic heterocycles. The quantitative estimate of drug-likeness (QED) is 0.349. The number of amides is 2. The number of hydrogen-bond acceptors (Lipinski definition) is 6. The minimum Gasteiger partial charge on any atom is -0.373 e. The largest absolute Gasteiger partial charge is 0.389 e. The summed E-state index contributed by atoms with van der Waals surface area (Å²) in [7, 11) is 0. The van der Waals surface area contributed by atoms with E-state index < -0.39 is 42.6 Å². The highest BCUT2D eigenvalue weighted by Crippen LogP contribution is 2.41. The summed E-state index contributed by atoms with van der Waals surface area (Å²) in [4.78, 5) is 30.2. The van der Waals surface area contributed by atoms with Crippen molar-refractivity contribution < 1.29 is 27.5 Å². The topological polar surface area (TPSA) is 115 Å². The first kappa shape index (κ1) is 29.5. The van der Waals surface area contributed by atoms with E-state index in [9.17, 15) is 22.8 Å². The number of hydrogen-bond donors (Lipinski definition) is 2. The molecule has 0 unspecified atom stereocenters. The summed E-state index contributed by atoms with van der Waals surface area (Å²) in [5.41, 5.74) is 1.61. The fourth-order valence-electron chi connectivity index (χ4n) is 4.32. The van der Waals surface area contributed by atoms with E-state index in [2.05, 4.69) is 20.8 Å². The summed E-state index contributed by atoms with van der Waals surface area (Å²) < 4.78 is 46.9. The smallest absolute Gasteiger partial charge is 0.373 e. The molecule has 4 rings (SSSR count). The number of aromatic nitrogens is 5. The van der Waals surface area contributed by atoms with Crippen LogP contribution >= 0.6 is 0 Å². The number of alkyl halides is 3. The molecule has 2 atom stereocenters. The Hall–Kier alpha value is -3.48. The van der Waals surface area contributed by atoms with Crippen LogP contribution in [0.4, 0.5) is 13.2 Å². The number of carbonyl (C=O) groups is 2. The van der Waals surface area contributed by atoms with Gasteiger partial charge in [-0.25, -0.2) is 9.50 Å². The molecule has 0 radical (unpaired) electrons. The monoisotopic (exact) mass is 563 g/mol. The van der Waals surface area contributed by atoms with Crippen molar-refractivity contribution in [3.63, 3.8) is 0 Å². The van der Waals surface area contributed by atoms with E-state index in [-0.39, 0.29) is 24.5 Å². The van der Waals surface area contributed by atoms with Gasteiger partial charge in [-0.1, -0.05) is 0 Å². The van der Waals surface area contributed by atoms with Crippen LogP contribution < -0.4 is 10.6 Å². The highest BCUT2D eigenvalue weighted by Gasteiger charge is 2.35. The van der Waals surface area contributed by atoms with Crippen molar-refractivity contribution in [3.8, 4) is 0 Å². The highest BCUT2D eigenvalue weighted by atomic mass is 19.4. The van der Waals surface area contributed by atoms with Gasteiger partial charge >= 0.3 is 6.18 Å². The third-order valence-corrected chi connectivity index (χ3v) is 6.50. The number of halogens is 3. The zero-order valence-electron chi connectivity index (χ0n) is 23.3. The molecule has 0 bridgehead atoms. The summed E-state index contributed by atoms with van der Waals surface area (Å²) in [5, 5.41) is 14.4. The maximum atomic E-state index is 13.2. The van der Waals surface area contributed by atoms with Crippen LogP contribution in [0.2, 0.25) is 0 Å². The Morgan fingerprint density at radius 2 is 1.88 bits per heavy atom. The van der Waals surface area contributed by atoms with Crippen molar-refractivity contribution in [3.05, 3.63) is 47.7 Å². The van der Waals surface area contributed by atoms with Gasteiger partial charge in [-0.2, -0.15) is 23.4 Å². The Balaban J connectivity index is 1.57. The summed E-state index contributed by atoms with van der Waals surface area (Å²) in [6, 6.07) is 2.35. The minimum absolute atomic E-state index is 0.00814. The molecule has 1 aliphatic rings. The van der Waals surface area contributed by atoms with Gasteiger partial charge in [0.25, 0.3) is 5.91 Å². The van der Waals surface area contributed by atoms with Gasteiger partial charge in [0.05, 0.1) is 48.8 Å². The second kappa shape index (κ2) is 11.6. The Bertz CT molecular complexity index is 1340. The van der Waals surface area contributed by atoms with Crippen LogP contribution in [0.15, 0.2) is 30.7 Å². The van der Waals surface area contributed by atoms with Crippen LogP contribution in [-0.4, -0.2) is 54.6 Å². The molecule has 2 amide bonds. The van der Waals surface area contributed by atoms with Crippen molar-refractivity contribution in [1.29, 1.82) is 0 Å². The number of nitrogens with one attached hydrogen (secondary N) is 2. The standard InChI is InChI=1S/C27H36F3N7O3/c1-16(2)37-21(9-11-31-37)25(39)34-20(15-40-26(3,4)5)19-14-36-22(33-19)12-18(13-32-36)24(17-6-7-17)35-23(38)8-10-27(28,29)30/h9,11-14,16-17,20,24H,6-8,10,15H2,1-5H3,(H,34,39)(H,35,38)/t20-,24+/m0/s1. The van der Waals surface area contributed by atoms with Crippen LogP contribution in [0.3, 0.4) is 0 Å². The summed E-state index contributed by atoms with van der Waals surface area (Å²) in [6.45, 7) is 9.77. The van der Waals surface area contributed by atoms with Gasteiger partial charge in [-0.15, -0.1) is 0 Å². The Morgan fingerprint density at radius 3 is 2.50 bits per heavy atom. The van der Waals surface area contributed by atoms with Gasteiger partial charge < -0.3 is 15.4 Å². The average Bonchev–Trinajstić information content (AvgIpc) is 3.40. The van der Waals surface area contributed by atoms with Gasteiger partial charge in [0, 0.05) is 18.7 Å². The molecule has 0 saturated heterocycles. The minimum atomic E-state index is -4.39. The maximum absolute atomic E-state index is 13.2. The molecule has 3 heterocycles. The van der Waals surface area contributed by atoms with Gasteiger partial charge in [-0.3, -0.25) is 14.3 Å². The fourth-order valence-corrected chi connectivity index (χ4v) is 4.32. The van der Waals surface area contributed by atoms with Crippen LogP contribution in [0, 0.1) is 5.92 Å². The summed E-state index contributed by atoms with van der Waals surface area (Å²) in [5.74, 6) is -0.845. The molecule has 0 spiro atoms. The Kier molecular flexibility index (Phi) is 8.52. The number of fused-ring (bicyclic) bond motifs is 1. The molecular formula is C27H36F3N7O3. The molecule has 1 saturated carbocycles. The maximum Gasteiger partial charge on any atom is 0.389 e. The van der Waals surface area contributed by atoms with Crippen LogP contribution in [0.25, 0.3) is 5.65 Å². The van der Waals surface area contributed by atoms with E-state index in [1.807, 2.05) is 34.6 Å². The van der Waals surface area contributed by atoms with Crippen molar-refractivity contribution in [2.45, 2.75) is 90.2 Å². The van der Waals surface area contributed by atoms with Crippen molar-refractivity contribution in [1.82, 2.24) is 35.0 Å². The predicted molar refractivity (Wildman–Crippen MR) is 140 cm³/mol. The lowest BCUT2D eigenvalue weighted by atomic mass is 10.0. The molecule has 1 aliphatic carbocycles. The first-order valence-corrected chi connectivity index (χ1v) is 13.4. The van der Waals surface area contributed by atoms with E-state index >= 15 is 0 Å². The van der Waals surface area contributed by atoms with Crippen LogP contribution in [-0.2, 0) is 9.53 Å². The van der Waals surface area contributed by atoms with Crippen LogP contribution in [0.1, 0.15) is 100 Å². The number of imidazole rings is 1. The summed E-state index contributed by atoms with van der Waals surface area (Å²) in [6.07, 6.45) is 0.399. The number of rotatable bonds is 11. The van der Waals surface area contributed by atoms with Gasteiger partial charge in [0.1, 0.15) is 5.69 Å². The zero-order valence-corrected chi connectivity index (χ0v) is 23.3. The lowest BCUT2D eigenvalue weighted by Gasteiger charge is -2.24. The third-order valence-electron chi connectivity index (χ3n) is 6.50. The molecule has 10 nitrogen and oxygen atoms in total. The van der Waals surface area contributed by atoms with Crippen molar-refractivity contribution in [2.75, 3.05) is 6.61 Å². The summed E-state index contributed by atoms with van der Waals surface area (Å²) >= 11 is 0. The lowest BCUT2D eigenvalue weighted by molar-refractivity contribution is -0.144. The van der Waals surface area contributed by atoms with E-state index in [4.69, 9.17) is 9.72 Å². The number of ether oxygens (including phenoxy) is 1. The van der Waals surface area contributed by atoms with Crippen LogP contribution in [0.5, 0.6) is 0 Å². The molecular weight excluding hydrogens is 527 g/mol. The highest BCUT2D eigenvalue weighted by molar-refractivity contribution is 5.92. The molecule has 2 N–H and O–H groups in total. The average molecular weight is 564 g/mol. The van der Waals surface area contributed by atoms with Crippen molar-refractivity contribution >= 4 is 17.5 Å². The molecule has 13 heteroatoms. The second-order valence-electron chi connectivity index (χ2n) is 11.5. The zero-order chi connectivity index (χ0) is 29.2. The molecule has 0 aromatic carbocycles. The second-order valence-corrected chi connectivity index (χ2v) is 11.5. The molecule has 1 fully saturated rings. The normalized spacial score (nSPS) is 15.8. The SMILES string of the molecule is CC(C)n1nccc1C(=O)N[C@@H](COC(C)(C)C)c1cn2ncc([C@H](NC(=O)CCC(F)(F)F)C3CC3)cc2n1. The molecule has 218 valence electrons. The van der Waals surface area contributed by atoms with E-state index in [1.165, 1.54) is 0 Å². The first-order chi connectivity index (χ1) is 18.7. The van der Waals surface area contributed by atoms with Gasteiger partial charge in [-0.05, 0) is 71.1 Å². The molecule has 3 aromatic rings. The lowest BCUT2D eigenvalue weighted by Crippen LogP contribution is -2.35. The Morgan fingerprint density at radius 1 is 1.15 bits per heavy atom. The van der Waals surface area contributed by atoms with Gasteiger partial charge in [0.15, 0.2) is 5.65 Å². The Labute approximate surface area is 230 Å². The molecule has 0 aliphatic heterocycles. The van der Waals surface area contributed by atoms with E-state index in [1.54, 1.807) is 39.9 Å². The van der Waals surface area contributed by atoms with E-state index in [0.717, 1.165) is 12.8 Å². The predicted octanol–water partition coefficient (Wildman–Crippen LogP) is 4.70. The fraction of sp³-hybridized carbons (Fsp3) is 0.593. The first-order valence-electron chi connectivity index (χ1n) is 13.4. The van der Waals surface area contributed by atoms with Crippen molar-refractivity contribution in [2.24, 2.45) is 5.92 Å². The van der Waals surface area contributed by atoms with E-state index in [0.29, 0.717) is 22.6 Å². The molecule has 40 heavy (non-hydrogen) atoms. The number of carbonyl (C=O) groups excluding carboxylic acids is 2.